The molecule has 0 saturated heterocycles. The molecule has 0 aliphatic carbocycles. The van der Waals surface area contributed by atoms with Crippen molar-refractivity contribution in [1.82, 2.24) is 20.4 Å². The molecule has 5 heteroatoms. The fraction of sp³-hybridized carbons (Fsp3) is 0.800. The zero-order chi connectivity index (χ0) is 11.1. The first-order chi connectivity index (χ1) is 7.18. The highest BCUT2D eigenvalue weighted by Crippen LogP contribution is 1.94. The van der Waals surface area contributed by atoms with Crippen LogP contribution >= 0.6 is 0 Å². The molecule has 1 aromatic rings. The van der Waals surface area contributed by atoms with Gasteiger partial charge < -0.3 is 14.7 Å². The maximum absolute atomic E-state index is 4.87. The molecular weight excluding hydrogens is 192 g/mol. The van der Waals surface area contributed by atoms with Crippen LogP contribution in [0.2, 0.25) is 0 Å². The quantitative estimate of drug-likeness (QED) is 0.678. The van der Waals surface area contributed by atoms with Crippen LogP contribution < -0.4 is 5.32 Å². The van der Waals surface area contributed by atoms with E-state index in [1.807, 2.05) is 0 Å². The van der Waals surface area contributed by atoms with E-state index in [1.165, 1.54) is 12.8 Å². The topological polar surface area (TPSA) is 54.2 Å². The predicted octanol–water partition coefficient (Wildman–Crippen LogP) is 0.809. The lowest BCUT2D eigenvalue weighted by atomic mass is 10.3. The summed E-state index contributed by atoms with van der Waals surface area (Å²) in [7, 11) is 4.19. The van der Waals surface area contributed by atoms with Gasteiger partial charge in [-0.05, 0) is 40.0 Å². The first-order valence-corrected chi connectivity index (χ1v) is 5.33. The van der Waals surface area contributed by atoms with E-state index in [-0.39, 0.29) is 0 Å². The number of aromatic nitrogens is 2. The van der Waals surface area contributed by atoms with Gasteiger partial charge in [0.1, 0.15) is 0 Å². The Hall–Kier alpha value is -0.940. The zero-order valence-electron chi connectivity index (χ0n) is 9.79. The van der Waals surface area contributed by atoms with Crippen molar-refractivity contribution in [2.24, 2.45) is 0 Å². The highest BCUT2D eigenvalue weighted by molar-refractivity contribution is 4.82. The Morgan fingerprint density at radius 2 is 2.13 bits per heavy atom. The van der Waals surface area contributed by atoms with Crippen molar-refractivity contribution in [3.63, 3.8) is 0 Å². The van der Waals surface area contributed by atoms with Crippen LogP contribution in [0, 0.1) is 6.92 Å². The Morgan fingerprint density at radius 3 is 2.73 bits per heavy atom. The van der Waals surface area contributed by atoms with Gasteiger partial charge in [-0.25, -0.2) is 0 Å². The smallest absolute Gasteiger partial charge is 0.223 e. The number of hydrogen-bond donors (Lipinski definition) is 1. The lowest BCUT2D eigenvalue weighted by molar-refractivity contribution is 0.382. The Labute approximate surface area is 90.8 Å². The molecule has 0 saturated carbocycles. The van der Waals surface area contributed by atoms with Gasteiger partial charge in [-0.15, -0.1) is 0 Å². The van der Waals surface area contributed by atoms with Crippen LogP contribution in [0.5, 0.6) is 0 Å². The molecular formula is C10H20N4O. The van der Waals surface area contributed by atoms with Crippen LogP contribution in [0.3, 0.4) is 0 Å². The molecule has 5 nitrogen and oxygen atoms in total. The summed E-state index contributed by atoms with van der Waals surface area (Å²) in [4.78, 5) is 6.31. The largest absolute Gasteiger partial charge is 0.340 e. The zero-order valence-corrected chi connectivity index (χ0v) is 9.79. The van der Waals surface area contributed by atoms with E-state index in [9.17, 15) is 0 Å². The minimum atomic E-state index is 0.624. The van der Waals surface area contributed by atoms with Gasteiger partial charge in [0.15, 0.2) is 5.82 Å². The Bertz CT molecular complexity index is 272. The third-order valence-electron chi connectivity index (χ3n) is 2.06. The number of unbranched alkanes of at least 4 members (excludes halogenated alkanes) is 1. The van der Waals surface area contributed by atoms with Gasteiger partial charge in [-0.2, -0.15) is 4.98 Å². The minimum absolute atomic E-state index is 0.624. The number of aryl methyl sites for hydroxylation is 1. The molecule has 1 heterocycles. The molecule has 1 rings (SSSR count). The van der Waals surface area contributed by atoms with Crippen LogP contribution in [-0.4, -0.2) is 42.2 Å². The van der Waals surface area contributed by atoms with E-state index < -0.39 is 0 Å². The van der Waals surface area contributed by atoms with Crippen LogP contribution in [0.25, 0.3) is 0 Å². The molecule has 15 heavy (non-hydrogen) atoms. The molecule has 1 N–H and O–H groups in total. The van der Waals surface area contributed by atoms with Gasteiger partial charge in [0.2, 0.25) is 5.89 Å². The lowest BCUT2D eigenvalue weighted by Crippen LogP contribution is -2.18. The molecule has 86 valence electrons. The van der Waals surface area contributed by atoms with Crippen molar-refractivity contribution in [2.45, 2.75) is 26.3 Å². The summed E-state index contributed by atoms with van der Waals surface area (Å²) in [5, 5.41) is 7.09. The standard InChI is InChI=1S/C10H20N4O/c1-9-12-10(13-15-9)8-11-6-4-5-7-14(2)3/h11H,4-8H2,1-3H3. The van der Waals surface area contributed by atoms with Crippen molar-refractivity contribution >= 4 is 0 Å². The first kappa shape index (κ1) is 12.1. The third-order valence-corrected chi connectivity index (χ3v) is 2.06. The molecule has 0 unspecified atom stereocenters. The normalized spacial score (nSPS) is 11.2. The van der Waals surface area contributed by atoms with Crippen LogP contribution in [0.15, 0.2) is 4.52 Å². The second-order valence-electron chi connectivity index (χ2n) is 3.92. The van der Waals surface area contributed by atoms with E-state index >= 15 is 0 Å². The summed E-state index contributed by atoms with van der Waals surface area (Å²) in [5.74, 6) is 1.36. The first-order valence-electron chi connectivity index (χ1n) is 5.33. The predicted molar refractivity (Wildman–Crippen MR) is 58.5 cm³/mol. The summed E-state index contributed by atoms with van der Waals surface area (Å²) in [6.07, 6.45) is 2.39. The number of hydrogen-bond acceptors (Lipinski definition) is 5. The molecule has 0 aliphatic rings. The van der Waals surface area contributed by atoms with Gasteiger partial charge in [-0.3, -0.25) is 0 Å². The van der Waals surface area contributed by atoms with Gasteiger partial charge in [0.05, 0.1) is 6.54 Å². The van der Waals surface area contributed by atoms with Crippen molar-refractivity contribution in [2.75, 3.05) is 27.2 Å². The number of nitrogens with zero attached hydrogens (tertiary/aromatic N) is 3. The average Bonchev–Trinajstić information content (AvgIpc) is 2.57. The fourth-order valence-electron chi connectivity index (χ4n) is 1.29. The SMILES string of the molecule is Cc1nc(CNCCCCN(C)C)no1. The van der Waals surface area contributed by atoms with E-state index in [0.29, 0.717) is 12.4 Å². The second kappa shape index (κ2) is 6.53. The van der Waals surface area contributed by atoms with Gasteiger partial charge >= 0.3 is 0 Å². The Morgan fingerprint density at radius 1 is 1.33 bits per heavy atom. The molecule has 0 atom stereocenters. The summed E-state index contributed by atoms with van der Waals surface area (Å²) < 4.78 is 4.87. The van der Waals surface area contributed by atoms with Crippen LogP contribution in [0.4, 0.5) is 0 Å². The molecule has 0 bridgehead atoms. The Kier molecular flexibility index (Phi) is 5.28. The minimum Gasteiger partial charge on any atom is -0.340 e. The summed E-state index contributed by atoms with van der Waals surface area (Å²) in [6, 6.07) is 0. The van der Waals surface area contributed by atoms with Gasteiger partial charge in [0, 0.05) is 6.92 Å². The van der Waals surface area contributed by atoms with Gasteiger partial charge in [-0.1, -0.05) is 5.16 Å². The molecule has 0 spiro atoms. The summed E-state index contributed by atoms with van der Waals surface area (Å²) in [5.41, 5.74) is 0. The monoisotopic (exact) mass is 212 g/mol. The fourth-order valence-corrected chi connectivity index (χ4v) is 1.29. The van der Waals surface area contributed by atoms with Crippen LogP contribution in [0.1, 0.15) is 24.6 Å². The number of rotatable bonds is 7. The molecule has 0 aliphatic heterocycles. The van der Waals surface area contributed by atoms with E-state index in [2.05, 4.69) is 34.5 Å². The van der Waals surface area contributed by atoms with E-state index in [4.69, 9.17) is 4.52 Å². The highest BCUT2D eigenvalue weighted by atomic mass is 16.5. The maximum atomic E-state index is 4.87. The highest BCUT2D eigenvalue weighted by Gasteiger charge is 2.00. The molecule has 0 radical (unpaired) electrons. The van der Waals surface area contributed by atoms with E-state index in [1.54, 1.807) is 6.92 Å². The summed E-state index contributed by atoms with van der Waals surface area (Å²) in [6.45, 7) is 4.64. The van der Waals surface area contributed by atoms with Crippen molar-refractivity contribution < 1.29 is 4.52 Å². The van der Waals surface area contributed by atoms with Crippen LogP contribution in [-0.2, 0) is 6.54 Å². The number of nitrogens with one attached hydrogen (secondary N) is 1. The van der Waals surface area contributed by atoms with Gasteiger partial charge in [0.25, 0.3) is 0 Å². The second-order valence-corrected chi connectivity index (χ2v) is 3.92. The average molecular weight is 212 g/mol. The van der Waals surface area contributed by atoms with Crippen molar-refractivity contribution in [1.29, 1.82) is 0 Å². The Balaban J connectivity index is 1.98. The third kappa shape index (κ3) is 5.49. The maximum Gasteiger partial charge on any atom is 0.223 e. The molecule has 1 aromatic heterocycles. The molecule has 0 aromatic carbocycles. The lowest BCUT2D eigenvalue weighted by Gasteiger charge is -2.08. The van der Waals surface area contributed by atoms with Crippen molar-refractivity contribution in [3.8, 4) is 0 Å². The molecule has 0 fully saturated rings. The summed E-state index contributed by atoms with van der Waals surface area (Å²) >= 11 is 0. The van der Waals surface area contributed by atoms with E-state index in [0.717, 1.165) is 18.9 Å². The molecule has 0 amide bonds. The van der Waals surface area contributed by atoms with Crippen molar-refractivity contribution in [3.05, 3.63) is 11.7 Å².